The van der Waals surface area contributed by atoms with Crippen LogP contribution in [-0.2, 0) is 14.3 Å². The van der Waals surface area contributed by atoms with Gasteiger partial charge in [-0.3, -0.25) is 9.59 Å². The maximum Gasteiger partial charge on any atom is 0.246 e. The second-order valence-corrected chi connectivity index (χ2v) is 3.90. The van der Waals surface area contributed by atoms with Gasteiger partial charge in [-0.2, -0.15) is 0 Å². The normalized spacial score (nSPS) is 9.44. The van der Waals surface area contributed by atoms with E-state index in [9.17, 15) is 9.59 Å². The van der Waals surface area contributed by atoms with Gasteiger partial charge in [0.25, 0.3) is 0 Å². The smallest absolute Gasteiger partial charge is 0.246 e. The van der Waals surface area contributed by atoms with Gasteiger partial charge in [-0.05, 0) is 26.7 Å². The number of carbonyl (C=O) groups is 2. The first kappa shape index (κ1) is 19.2. The first-order valence-electron chi connectivity index (χ1n) is 6.65. The maximum atomic E-state index is 11.2. The fourth-order valence-electron chi connectivity index (χ4n) is 1.04. The van der Waals surface area contributed by atoms with Crippen molar-refractivity contribution < 1.29 is 14.3 Å². The fourth-order valence-corrected chi connectivity index (χ4v) is 1.04. The van der Waals surface area contributed by atoms with Crippen LogP contribution < -0.4 is 10.6 Å². The first-order chi connectivity index (χ1) is 8.52. The van der Waals surface area contributed by atoms with Crippen molar-refractivity contribution >= 4 is 11.8 Å². The fraction of sp³-hybridized carbons (Fsp3) is 0.846. The van der Waals surface area contributed by atoms with Gasteiger partial charge < -0.3 is 15.4 Å². The molecule has 0 saturated carbocycles. The number of amides is 2. The van der Waals surface area contributed by atoms with E-state index in [4.69, 9.17) is 4.74 Å². The molecule has 108 valence electrons. The average molecular weight is 260 g/mol. The number of hydrogen-bond acceptors (Lipinski definition) is 3. The number of nitrogens with one attached hydrogen (secondary N) is 2. The van der Waals surface area contributed by atoms with Gasteiger partial charge >= 0.3 is 0 Å². The molecule has 0 radical (unpaired) electrons. The van der Waals surface area contributed by atoms with Gasteiger partial charge in [-0.25, -0.2) is 0 Å². The monoisotopic (exact) mass is 260 g/mol. The summed E-state index contributed by atoms with van der Waals surface area (Å²) in [6.07, 6.45) is 1.80. The summed E-state index contributed by atoms with van der Waals surface area (Å²) in [5.74, 6) is -0.109. The van der Waals surface area contributed by atoms with Gasteiger partial charge in [0.15, 0.2) is 0 Å². The summed E-state index contributed by atoms with van der Waals surface area (Å²) >= 11 is 0. The largest absolute Gasteiger partial charge is 0.369 e. The van der Waals surface area contributed by atoms with Crippen molar-refractivity contribution in [3.05, 3.63) is 0 Å². The molecule has 0 aliphatic carbocycles. The van der Waals surface area contributed by atoms with Gasteiger partial charge in [-0.1, -0.05) is 13.8 Å². The Morgan fingerprint density at radius 1 is 1.06 bits per heavy atom. The highest BCUT2D eigenvalue weighted by atomic mass is 16.5. The quantitative estimate of drug-likeness (QED) is 0.649. The minimum atomic E-state index is -0.0896. The lowest BCUT2D eigenvalue weighted by Gasteiger charge is -2.08. The van der Waals surface area contributed by atoms with Gasteiger partial charge in [0.2, 0.25) is 11.8 Å². The van der Waals surface area contributed by atoms with Crippen molar-refractivity contribution in [2.75, 3.05) is 19.7 Å². The summed E-state index contributed by atoms with van der Waals surface area (Å²) in [4.78, 5) is 21.7. The van der Waals surface area contributed by atoms with E-state index >= 15 is 0 Å². The first-order valence-corrected chi connectivity index (χ1v) is 6.65. The molecule has 0 aliphatic rings. The van der Waals surface area contributed by atoms with E-state index < -0.39 is 0 Å². The van der Waals surface area contributed by atoms with Crippen LogP contribution in [0.4, 0.5) is 0 Å². The third-order valence-corrected chi connectivity index (χ3v) is 1.85. The maximum absolute atomic E-state index is 11.2. The molecule has 2 amide bonds. The van der Waals surface area contributed by atoms with Gasteiger partial charge in [0.05, 0.1) is 6.10 Å². The van der Waals surface area contributed by atoms with Crippen molar-refractivity contribution in [1.29, 1.82) is 0 Å². The highest BCUT2D eigenvalue weighted by molar-refractivity contribution is 5.77. The standard InChI is InChI=1S/C11H22N2O3.C2H6/c1-9(2)16-8-11(15)13-7-5-4-6-12-10(3)14;1-2/h9H,4-8H2,1-3H3,(H,12,14)(H,13,15);1-2H3. The molecule has 0 aromatic carbocycles. The predicted molar refractivity (Wildman–Crippen MR) is 73.4 cm³/mol. The van der Waals surface area contributed by atoms with E-state index in [2.05, 4.69) is 10.6 Å². The molecular formula is C13H28N2O3. The second kappa shape index (κ2) is 14.0. The molecule has 0 fully saturated rings. The van der Waals surface area contributed by atoms with Crippen molar-refractivity contribution in [1.82, 2.24) is 10.6 Å². The van der Waals surface area contributed by atoms with Crippen LogP contribution in [0.5, 0.6) is 0 Å². The zero-order valence-electron chi connectivity index (χ0n) is 12.3. The minimum absolute atomic E-state index is 0.0191. The summed E-state index contributed by atoms with van der Waals surface area (Å²) < 4.78 is 5.14. The lowest BCUT2D eigenvalue weighted by molar-refractivity contribution is -0.127. The molecule has 18 heavy (non-hydrogen) atoms. The third-order valence-electron chi connectivity index (χ3n) is 1.85. The topological polar surface area (TPSA) is 67.4 Å². The lowest BCUT2D eigenvalue weighted by atomic mass is 10.3. The molecule has 0 aliphatic heterocycles. The molecule has 0 spiro atoms. The molecule has 5 heteroatoms. The molecule has 2 N–H and O–H groups in total. The summed E-state index contributed by atoms with van der Waals surface area (Å²) in [6, 6.07) is 0. The molecule has 0 bridgehead atoms. The lowest BCUT2D eigenvalue weighted by Crippen LogP contribution is -2.30. The van der Waals surface area contributed by atoms with Crippen LogP contribution >= 0.6 is 0 Å². The van der Waals surface area contributed by atoms with Crippen molar-refractivity contribution in [3.63, 3.8) is 0 Å². The van der Waals surface area contributed by atoms with E-state index in [0.29, 0.717) is 13.1 Å². The Morgan fingerprint density at radius 2 is 1.56 bits per heavy atom. The molecule has 0 heterocycles. The van der Waals surface area contributed by atoms with Crippen LogP contribution in [0.3, 0.4) is 0 Å². The Kier molecular flexibility index (Phi) is 14.9. The summed E-state index contributed by atoms with van der Waals surface area (Å²) in [5.41, 5.74) is 0. The highest BCUT2D eigenvalue weighted by Crippen LogP contribution is 1.88. The van der Waals surface area contributed by atoms with Crippen molar-refractivity contribution in [2.45, 2.75) is 53.6 Å². The third kappa shape index (κ3) is 17.3. The zero-order valence-corrected chi connectivity index (χ0v) is 12.3. The molecule has 0 saturated heterocycles. The minimum Gasteiger partial charge on any atom is -0.369 e. The zero-order chi connectivity index (χ0) is 14.4. The molecule has 5 nitrogen and oxygen atoms in total. The number of hydrogen-bond donors (Lipinski definition) is 2. The van der Waals surface area contributed by atoms with Crippen LogP contribution in [-0.4, -0.2) is 37.6 Å². The highest BCUT2D eigenvalue weighted by Gasteiger charge is 2.01. The Morgan fingerprint density at radius 3 is 2.00 bits per heavy atom. The average Bonchev–Trinajstić information content (AvgIpc) is 2.33. The predicted octanol–water partition coefficient (Wildman–Crippen LogP) is 1.47. The number of unbranched alkanes of at least 4 members (excludes halogenated alkanes) is 1. The molecule has 0 atom stereocenters. The van der Waals surface area contributed by atoms with Crippen LogP contribution in [0.2, 0.25) is 0 Å². The number of rotatable bonds is 8. The molecule has 0 aromatic rings. The summed E-state index contributed by atoms with van der Waals surface area (Å²) in [5, 5.41) is 5.45. The van der Waals surface area contributed by atoms with Crippen LogP contribution in [0.25, 0.3) is 0 Å². The van der Waals surface area contributed by atoms with Gasteiger partial charge in [0, 0.05) is 20.0 Å². The van der Waals surface area contributed by atoms with E-state index in [1.807, 2.05) is 27.7 Å². The molecular weight excluding hydrogens is 232 g/mol. The van der Waals surface area contributed by atoms with E-state index in [1.54, 1.807) is 0 Å². The van der Waals surface area contributed by atoms with E-state index in [0.717, 1.165) is 12.8 Å². The Balaban J connectivity index is 0. The van der Waals surface area contributed by atoms with Crippen LogP contribution in [0, 0.1) is 0 Å². The summed E-state index contributed by atoms with van der Waals surface area (Å²) in [6.45, 7) is 10.7. The SMILES string of the molecule is CC.CC(=O)NCCCCNC(=O)COC(C)C. The molecule has 0 rings (SSSR count). The molecule has 0 aromatic heterocycles. The Labute approximate surface area is 111 Å². The van der Waals surface area contributed by atoms with Crippen LogP contribution in [0.15, 0.2) is 0 Å². The summed E-state index contributed by atoms with van der Waals surface area (Å²) in [7, 11) is 0. The van der Waals surface area contributed by atoms with Crippen molar-refractivity contribution in [3.8, 4) is 0 Å². The van der Waals surface area contributed by atoms with Gasteiger partial charge in [0.1, 0.15) is 6.61 Å². The Hall–Kier alpha value is -1.10. The second-order valence-electron chi connectivity index (χ2n) is 3.90. The number of ether oxygens (including phenoxy) is 1. The Bertz CT molecular complexity index is 218. The van der Waals surface area contributed by atoms with Crippen LogP contribution in [0.1, 0.15) is 47.5 Å². The van der Waals surface area contributed by atoms with E-state index in [-0.39, 0.29) is 24.5 Å². The van der Waals surface area contributed by atoms with Gasteiger partial charge in [-0.15, -0.1) is 0 Å². The molecule has 0 unspecified atom stereocenters. The number of carbonyl (C=O) groups excluding carboxylic acids is 2. The van der Waals surface area contributed by atoms with Crippen molar-refractivity contribution in [2.24, 2.45) is 0 Å². The van der Waals surface area contributed by atoms with E-state index in [1.165, 1.54) is 6.92 Å².